The molecule has 0 spiro atoms. The Balaban J connectivity index is 0.00000225. The molecule has 2 N–H and O–H groups in total. The zero-order chi connectivity index (χ0) is 16.9. The number of carbonyl (C=O) groups excluding carboxylic acids is 1. The maximum Gasteiger partial charge on any atom is 0.227 e. The number of benzene rings is 1. The largest absolute Gasteiger partial charge is 0.391 e. The Morgan fingerprint density at radius 3 is 2.64 bits per heavy atom. The monoisotopic (exact) mass is 458 g/mol. The molecule has 0 radical (unpaired) electrons. The standard InChI is InChI=1S/C18H26N4O2.HI/c1-2-19-18(21-11-9-16(23)13-21)20-12-14-5-7-15(8-6-14)22-10-3-4-17(22)24;/h5-8,16,23H,2-4,9-13H2,1H3,(H,19,20);1H/t16-;/m1./s1. The number of guanidine groups is 1. The summed E-state index contributed by atoms with van der Waals surface area (Å²) in [6.07, 6.45) is 2.13. The van der Waals surface area contributed by atoms with Crippen molar-refractivity contribution in [3.8, 4) is 0 Å². The first kappa shape index (κ1) is 20.0. The van der Waals surface area contributed by atoms with Crippen molar-refractivity contribution < 1.29 is 9.90 Å². The number of anilines is 1. The lowest BCUT2D eigenvalue weighted by atomic mass is 10.2. The normalized spacial score (nSPS) is 20.8. The van der Waals surface area contributed by atoms with Gasteiger partial charge >= 0.3 is 0 Å². The smallest absolute Gasteiger partial charge is 0.227 e. The molecular weight excluding hydrogens is 431 g/mol. The second kappa shape index (κ2) is 9.38. The van der Waals surface area contributed by atoms with Crippen molar-refractivity contribution in [3.63, 3.8) is 0 Å². The molecule has 1 amide bonds. The van der Waals surface area contributed by atoms with Gasteiger partial charge in [-0.05, 0) is 37.5 Å². The van der Waals surface area contributed by atoms with Crippen LogP contribution in [0.25, 0.3) is 0 Å². The summed E-state index contributed by atoms with van der Waals surface area (Å²) in [5.41, 5.74) is 2.08. The van der Waals surface area contributed by atoms with E-state index in [0.29, 0.717) is 19.5 Å². The van der Waals surface area contributed by atoms with E-state index in [1.54, 1.807) is 0 Å². The van der Waals surface area contributed by atoms with Crippen LogP contribution in [0.3, 0.4) is 0 Å². The number of hydrogen-bond acceptors (Lipinski definition) is 3. The maximum atomic E-state index is 11.8. The van der Waals surface area contributed by atoms with Gasteiger partial charge in [0, 0.05) is 38.3 Å². The lowest BCUT2D eigenvalue weighted by Crippen LogP contribution is -2.40. The summed E-state index contributed by atoms with van der Waals surface area (Å²) >= 11 is 0. The fraction of sp³-hybridized carbons (Fsp3) is 0.556. The molecule has 2 aliphatic rings. The Bertz CT molecular complexity index is 606. The average Bonchev–Trinajstić information content (AvgIpc) is 3.20. The summed E-state index contributed by atoms with van der Waals surface area (Å²) in [6.45, 7) is 5.73. The maximum absolute atomic E-state index is 11.8. The summed E-state index contributed by atoms with van der Waals surface area (Å²) in [5.74, 6) is 1.07. The quantitative estimate of drug-likeness (QED) is 0.412. The first-order valence-electron chi connectivity index (χ1n) is 8.78. The predicted octanol–water partition coefficient (Wildman–Crippen LogP) is 1.96. The molecular formula is C18H27IN4O2. The van der Waals surface area contributed by atoms with Crippen LogP contribution in [0.4, 0.5) is 5.69 Å². The number of halogens is 1. The molecule has 2 saturated heterocycles. The van der Waals surface area contributed by atoms with Gasteiger partial charge in [0.15, 0.2) is 5.96 Å². The van der Waals surface area contributed by atoms with E-state index in [2.05, 4.69) is 15.2 Å². The van der Waals surface area contributed by atoms with Crippen LogP contribution >= 0.6 is 24.0 Å². The van der Waals surface area contributed by atoms with Crippen LogP contribution in [0, 0.1) is 0 Å². The summed E-state index contributed by atoms with van der Waals surface area (Å²) in [6, 6.07) is 8.07. The Morgan fingerprint density at radius 2 is 2.08 bits per heavy atom. The van der Waals surface area contributed by atoms with Crippen LogP contribution in [0.5, 0.6) is 0 Å². The Kier molecular flexibility index (Phi) is 7.49. The molecule has 0 unspecified atom stereocenters. The highest BCUT2D eigenvalue weighted by atomic mass is 127. The number of aliphatic imine (C=N–C) groups is 1. The van der Waals surface area contributed by atoms with Gasteiger partial charge in [-0.3, -0.25) is 4.79 Å². The minimum absolute atomic E-state index is 0. The van der Waals surface area contributed by atoms with Crippen LogP contribution in [-0.4, -0.2) is 54.2 Å². The van der Waals surface area contributed by atoms with E-state index in [9.17, 15) is 9.90 Å². The van der Waals surface area contributed by atoms with E-state index in [1.807, 2.05) is 36.1 Å². The number of β-amino-alcohol motifs (C(OH)–C–C–N with tert-alkyl or cyclic N) is 1. The van der Waals surface area contributed by atoms with Gasteiger partial charge < -0.3 is 20.2 Å². The van der Waals surface area contributed by atoms with Crippen molar-refractivity contribution in [2.24, 2.45) is 4.99 Å². The number of amides is 1. The van der Waals surface area contributed by atoms with Gasteiger partial charge in [0.25, 0.3) is 0 Å². The van der Waals surface area contributed by atoms with Gasteiger partial charge in [0.05, 0.1) is 12.6 Å². The van der Waals surface area contributed by atoms with E-state index < -0.39 is 0 Å². The molecule has 25 heavy (non-hydrogen) atoms. The fourth-order valence-electron chi connectivity index (χ4n) is 3.23. The van der Waals surface area contributed by atoms with Gasteiger partial charge in [-0.25, -0.2) is 4.99 Å². The van der Waals surface area contributed by atoms with Gasteiger partial charge in [-0.15, -0.1) is 24.0 Å². The van der Waals surface area contributed by atoms with Gasteiger partial charge in [0.1, 0.15) is 0 Å². The number of carbonyl (C=O) groups is 1. The molecule has 6 nitrogen and oxygen atoms in total. The molecule has 138 valence electrons. The summed E-state index contributed by atoms with van der Waals surface area (Å²) in [7, 11) is 0. The summed E-state index contributed by atoms with van der Waals surface area (Å²) in [5, 5.41) is 13.0. The number of rotatable bonds is 4. The third kappa shape index (κ3) is 5.07. The van der Waals surface area contributed by atoms with Crippen LogP contribution < -0.4 is 10.2 Å². The van der Waals surface area contributed by atoms with Gasteiger partial charge in [0.2, 0.25) is 5.91 Å². The van der Waals surface area contributed by atoms with E-state index in [0.717, 1.165) is 49.7 Å². The Labute approximate surface area is 166 Å². The predicted molar refractivity (Wildman–Crippen MR) is 110 cm³/mol. The summed E-state index contributed by atoms with van der Waals surface area (Å²) < 4.78 is 0. The molecule has 0 bridgehead atoms. The third-order valence-corrected chi connectivity index (χ3v) is 4.53. The third-order valence-electron chi connectivity index (χ3n) is 4.53. The zero-order valence-electron chi connectivity index (χ0n) is 14.6. The number of nitrogens with zero attached hydrogens (tertiary/aromatic N) is 3. The molecule has 1 atom stereocenters. The second-order valence-corrected chi connectivity index (χ2v) is 6.37. The molecule has 0 aromatic heterocycles. The highest BCUT2D eigenvalue weighted by Gasteiger charge is 2.23. The van der Waals surface area contributed by atoms with E-state index in [1.165, 1.54) is 0 Å². The second-order valence-electron chi connectivity index (χ2n) is 6.37. The van der Waals surface area contributed by atoms with Crippen molar-refractivity contribution >= 4 is 41.5 Å². The van der Waals surface area contributed by atoms with Crippen LogP contribution in [0.15, 0.2) is 29.3 Å². The van der Waals surface area contributed by atoms with Gasteiger partial charge in [-0.1, -0.05) is 12.1 Å². The molecule has 2 fully saturated rings. The minimum Gasteiger partial charge on any atom is -0.391 e. The molecule has 0 aliphatic carbocycles. The van der Waals surface area contributed by atoms with Crippen LogP contribution in [0.2, 0.25) is 0 Å². The highest BCUT2D eigenvalue weighted by molar-refractivity contribution is 14.0. The lowest BCUT2D eigenvalue weighted by Gasteiger charge is -2.21. The Morgan fingerprint density at radius 1 is 1.32 bits per heavy atom. The zero-order valence-corrected chi connectivity index (χ0v) is 17.0. The number of aliphatic hydroxyl groups excluding tert-OH is 1. The molecule has 1 aromatic carbocycles. The molecule has 0 saturated carbocycles. The SMILES string of the molecule is CCNC(=NCc1ccc(N2CCCC2=O)cc1)N1CC[C@@H](O)C1.I. The molecule has 7 heteroatoms. The Hall–Kier alpha value is -1.35. The van der Waals surface area contributed by atoms with E-state index >= 15 is 0 Å². The van der Waals surface area contributed by atoms with Gasteiger partial charge in [-0.2, -0.15) is 0 Å². The summed E-state index contributed by atoms with van der Waals surface area (Å²) in [4.78, 5) is 20.4. The fourth-order valence-corrected chi connectivity index (χ4v) is 3.23. The number of aliphatic hydroxyl groups is 1. The first-order valence-corrected chi connectivity index (χ1v) is 8.78. The molecule has 1 aromatic rings. The van der Waals surface area contributed by atoms with Crippen molar-refractivity contribution in [2.75, 3.05) is 31.1 Å². The molecule has 3 rings (SSSR count). The number of hydrogen-bond donors (Lipinski definition) is 2. The van der Waals surface area contributed by atoms with Crippen molar-refractivity contribution in [3.05, 3.63) is 29.8 Å². The van der Waals surface area contributed by atoms with Crippen LogP contribution in [-0.2, 0) is 11.3 Å². The van der Waals surface area contributed by atoms with E-state index in [4.69, 9.17) is 0 Å². The van der Waals surface area contributed by atoms with Crippen molar-refractivity contribution in [1.82, 2.24) is 10.2 Å². The minimum atomic E-state index is -0.258. The average molecular weight is 458 g/mol. The van der Waals surface area contributed by atoms with Crippen molar-refractivity contribution in [1.29, 1.82) is 0 Å². The first-order chi connectivity index (χ1) is 11.7. The number of likely N-dealkylation sites (tertiary alicyclic amines) is 1. The van der Waals surface area contributed by atoms with Crippen molar-refractivity contribution in [2.45, 2.75) is 38.8 Å². The topological polar surface area (TPSA) is 68.2 Å². The highest BCUT2D eigenvalue weighted by Crippen LogP contribution is 2.21. The van der Waals surface area contributed by atoms with Crippen LogP contribution in [0.1, 0.15) is 31.7 Å². The lowest BCUT2D eigenvalue weighted by molar-refractivity contribution is -0.117. The molecule has 2 heterocycles. The number of nitrogens with one attached hydrogen (secondary N) is 1. The molecule has 2 aliphatic heterocycles. The van der Waals surface area contributed by atoms with E-state index in [-0.39, 0.29) is 36.0 Å².